The van der Waals surface area contributed by atoms with Crippen molar-refractivity contribution < 1.29 is 13.2 Å². The van der Waals surface area contributed by atoms with Crippen molar-refractivity contribution in [2.45, 2.75) is 37.1 Å². The number of fused-ring (bicyclic) bond motifs is 3. The van der Waals surface area contributed by atoms with Crippen molar-refractivity contribution in [3.05, 3.63) is 53.0 Å². The number of aromatic amines is 1. The molecule has 0 fully saturated rings. The maximum atomic E-state index is 13.2. The van der Waals surface area contributed by atoms with Crippen molar-refractivity contribution in [1.82, 2.24) is 14.6 Å². The fraction of sp³-hybridized carbons (Fsp3) is 0.350. The molecule has 1 atom stereocenters. The minimum absolute atomic E-state index is 0.161. The number of H-pyrrole nitrogens is 1. The lowest BCUT2D eigenvalue weighted by molar-refractivity contribution is -0.135. The zero-order valence-electron chi connectivity index (χ0n) is 15.8. The van der Waals surface area contributed by atoms with Crippen molar-refractivity contribution in [3.8, 4) is 0 Å². The van der Waals surface area contributed by atoms with Gasteiger partial charge in [0.1, 0.15) is 10.3 Å². The summed E-state index contributed by atoms with van der Waals surface area (Å²) in [7, 11) is -3.71. The SMILES string of the molecule is CC(C)C(NS(=O)(=O)c1cccs1)C(=O)N1CCc2[nH]c3ccccc3c2C1. The van der Waals surface area contributed by atoms with E-state index in [1.165, 1.54) is 0 Å². The van der Waals surface area contributed by atoms with Gasteiger partial charge in [-0.3, -0.25) is 4.79 Å². The van der Waals surface area contributed by atoms with Gasteiger partial charge in [0, 0.05) is 41.7 Å². The van der Waals surface area contributed by atoms with Crippen LogP contribution in [0.2, 0.25) is 0 Å². The summed E-state index contributed by atoms with van der Waals surface area (Å²) in [5, 5.41) is 2.83. The molecule has 2 aromatic heterocycles. The molecular weight excluding hydrogens is 394 g/mol. The molecule has 2 N–H and O–H groups in total. The van der Waals surface area contributed by atoms with E-state index in [4.69, 9.17) is 0 Å². The number of amides is 1. The van der Waals surface area contributed by atoms with E-state index in [-0.39, 0.29) is 16.0 Å². The van der Waals surface area contributed by atoms with E-state index in [2.05, 4.69) is 15.8 Å². The molecule has 1 unspecified atom stereocenters. The minimum atomic E-state index is -3.71. The van der Waals surface area contributed by atoms with Gasteiger partial charge in [0.15, 0.2) is 0 Å². The van der Waals surface area contributed by atoms with Crippen LogP contribution in [0.15, 0.2) is 46.0 Å². The lowest BCUT2D eigenvalue weighted by Gasteiger charge is -2.32. The number of hydrogen-bond acceptors (Lipinski definition) is 4. The normalized spacial score (nSPS) is 15.8. The molecule has 8 heteroatoms. The quantitative estimate of drug-likeness (QED) is 0.669. The topological polar surface area (TPSA) is 82.3 Å². The van der Waals surface area contributed by atoms with Gasteiger partial charge in [0.05, 0.1) is 0 Å². The van der Waals surface area contributed by atoms with E-state index < -0.39 is 16.1 Å². The van der Waals surface area contributed by atoms with Crippen molar-refractivity contribution in [1.29, 1.82) is 0 Å². The number of sulfonamides is 1. The first-order valence-electron chi connectivity index (χ1n) is 9.30. The van der Waals surface area contributed by atoms with Gasteiger partial charge in [-0.25, -0.2) is 8.42 Å². The summed E-state index contributed by atoms with van der Waals surface area (Å²) in [5.41, 5.74) is 3.35. The van der Waals surface area contributed by atoms with Crippen LogP contribution in [0.3, 0.4) is 0 Å². The van der Waals surface area contributed by atoms with Gasteiger partial charge in [-0.2, -0.15) is 4.72 Å². The van der Waals surface area contributed by atoms with Crippen molar-refractivity contribution in [2.75, 3.05) is 6.54 Å². The van der Waals surface area contributed by atoms with E-state index in [0.29, 0.717) is 13.1 Å². The molecule has 1 amide bonds. The van der Waals surface area contributed by atoms with Gasteiger partial charge in [-0.05, 0) is 23.4 Å². The first-order chi connectivity index (χ1) is 13.4. The molecule has 0 radical (unpaired) electrons. The standard InChI is InChI=1S/C20H23N3O3S2/c1-13(2)19(22-28(25,26)18-8-5-11-27-18)20(24)23-10-9-17-15(12-23)14-6-3-4-7-16(14)21-17/h3-8,11,13,19,21-22H,9-10,12H2,1-2H3. The molecular formula is C20H23N3O3S2. The van der Waals surface area contributed by atoms with E-state index in [1.54, 1.807) is 22.4 Å². The molecule has 1 aromatic carbocycles. The van der Waals surface area contributed by atoms with E-state index >= 15 is 0 Å². The van der Waals surface area contributed by atoms with Crippen LogP contribution in [0, 0.1) is 5.92 Å². The van der Waals surface area contributed by atoms with Crippen LogP contribution in [-0.4, -0.2) is 36.8 Å². The van der Waals surface area contributed by atoms with E-state index in [1.807, 2.05) is 32.0 Å². The zero-order chi connectivity index (χ0) is 19.9. The summed E-state index contributed by atoms with van der Waals surface area (Å²) >= 11 is 1.14. The fourth-order valence-corrected chi connectivity index (χ4v) is 6.01. The maximum Gasteiger partial charge on any atom is 0.250 e. The summed E-state index contributed by atoms with van der Waals surface area (Å²) < 4.78 is 28.2. The Morgan fingerprint density at radius 3 is 2.71 bits per heavy atom. The molecule has 0 bridgehead atoms. The minimum Gasteiger partial charge on any atom is -0.358 e. The Morgan fingerprint density at radius 2 is 2.00 bits per heavy atom. The average molecular weight is 418 g/mol. The third-order valence-electron chi connectivity index (χ3n) is 5.17. The number of thiophene rings is 1. The van der Waals surface area contributed by atoms with Gasteiger partial charge in [0.2, 0.25) is 5.91 Å². The lowest BCUT2D eigenvalue weighted by atomic mass is 10.0. The maximum absolute atomic E-state index is 13.2. The number of nitrogens with zero attached hydrogens (tertiary/aromatic N) is 1. The highest BCUT2D eigenvalue weighted by molar-refractivity contribution is 7.91. The van der Waals surface area contributed by atoms with Crippen molar-refractivity contribution >= 4 is 38.2 Å². The second-order valence-electron chi connectivity index (χ2n) is 7.41. The molecule has 0 spiro atoms. The Morgan fingerprint density at radius 1 is 1.21 bits per heavy atom. The fourth-order valence-electron chi connectivity index (χ4n) is 3.66. The third kappa shape index (κ3) is 3.47. The molecule has 1 aliphatic rings. The Balaban J connectivity index is 1.58. The highest BCUT2D eigenvalue weighted by Gasteiger charge is 2.34. The van der Waals surface area contributed by atoms with Crippen LogP contribution in [0.25, 0.3) is 10.9 Å². The summed E-state index contributed by atoms with van der Waals surface area (Å²) in [6.45, 7) is 4.78. The van der Waals surface area contributed by atoms with Gasteiger partial charge in [-0.15, -0.1) is 11.3 Å². The van der Waals surface area contributed by atoms with Gasteiger partial charge in [-0.1, -0.05) is 38.1 Å². The number of nitrogens with one attached hydrogen (secondary N) is 2. The Bertz CT molecular complexity index is 1100. The van der Waals surface area contributed by atoms with Crippen LogP contribution >= 0.6 is 11.3 Å². The van der Waals surface area contributed by atoms with Crippen molar-refractivity contribution in [3.63, 3.8) is 0 Å². The number of aromatic nitrogens is 1. The van der Waals surface area contributed by atoms with Crippen LogP contribution in [-0.2, 0) is 27.8 Å². The lowest BCUT2D eigenvalue weighted by Crippen LogP contribution is -2.52. The van der Waals surface area contributed by atoms with Gasteiger partial charge < -0.3 is 9.88 Å². The van der Waals surface area contributed by atoms with Crippen LogP contribution < -0.4 is 4.72 Å². The largest absolute Gasteiger partial charge is 0.358 e. The Kier molecular flexibility index (Phi) is 5.03. The summed E-state index contributed by atoms with van der Waals surface area (Å²) in [4.78, 5) is 18.5. The number of carbonyl (C=O) groups excluding carboxylic acids is 1. The van der Waals surface area contributed by atoms with Crippen LogP contribution in [0.1, 0.15) is 25.1 Å². The Labute approximate surface area is 168 Å². The smallest absolute Gasteiger partial charge is 0.250 e. The predicted octanol–water partition coefficient (Wildman–Crippen LogP) is 3.12. The first-order valence-corrected chi connectivity index (χ1v) is 11.7. The molecule has 3 heterocycles. The number of rotatable bonds is 5. The monoisotopic (exact) mass is 417 g/mol. The highest BCUT2D eigenvalue weighted by atomic mass is 32.2. The number of carbonyl (C=O) groups is 1. The molecule has 148 valence electrons. The molecule has 28 heavy (non-hydrogen) atoms. The molecule has 1 aliphatic heterocycles. The Hall–Kier alpha value is -2.16. The third-order valence-corrected chi connectivity index (χ3v) is 8.01. The number of hydrogen-bond donors (Lipinski definition) is 2. The van der Waals surface area contributed by atoms with Gasteiger partial charge >= 0.3 is 0 Å². The predicted molar refractivity (Wildman–Crippen MR) is 111 cm³/mol. The first kappa shape index (κ1) is 19.2. The van der Waals surface area contributed by atoms with Gasteiger partial charge in [0.25, 0.3) is 10.0 Å². The zero-order valence-corrected chi connectivity index (χ0v) is 17.4. The van der Waals surface area contributed by atoms with Crippen LogP contribution in [0.4, 0.5) is 0 Å². The number of benzene rings is 1. The number of para-hydroxylation sites is 1. The molecule has 0 saturated carbocycles. The second kappa shape index (κ2) is 7.35. The van der Waals surface area contributed by atoms with E-state index in [9.17, 15) is 13.2 Å². The van der Waals surface area contributed by atoms with E-state index in [0.717, 1.165) is 39.9 Å². The molecule has 0 aliphatic carbocycles. The molecule has 6 nitrogen and oxygen atoms in total. The second-order valence-corrected chi connectivity index (χ2v) is 10.3. The highest BCUT2D eigenvalue weighted by Crippen LogP contribution is 2.28. The molecule has 3 aromatic rings. The van der Waals surface area contributed by atoms with Crippen LogP contribution in [0.5, 0.6) is 0 Å². The summed E-state index contributed by atoms with van der Waals surface area (Å²) in [5.74, 6) is -0.335. The van der Waals surface area contributed by atoms with Crippen molar-refractivity contribution in [2.24, 2.45) is 5.92 Å². The summed E-state index contributed by atoms with van der Waals surface area (Å²) in [6.07, 6.45) is 0.734. The summed E-state index contributed by atoms with van der Waals surface area (Å²) in [6, 6.07) is 10.5. The molecule has 4 rings (SSSR count). The average Bonchev–Trinajstić information content (AvgIpc) is 3.33. The molecule has 0 saturated heterocycles.